The molecule has 0 unspecified atom stereocenters. The van der Waals surface area contributed by atoms with Gasteiger partial charge in [-0.1, -0.05) is 12.2 Å². The summed E-state index contributed by atoms with van der Waals surface area (Å²) in [6.07, 6.45) is 0. The minimum atomic E-state index is -0.531. The maximum atomic E-state index is 5.31. The Kier molecular flexibility index (Phi) is 2.91. The lowest BCUT2D eigenvalue weighted by Gasteiger charge is -2.14. The fourth-order valence-electron chi connectivity index (χ4n) is 0.169. The van der Waals surface area contributed by atoms with Crippen molar-refractivity contribution < 1.29 is 0 Å². The second-order valence-corrected chi connectivity index (χ2v) is 2.75. The number of nitrogens with two attached hydrogens (primary N) is 1. The molecule has 0 saturated heterocycles. The van der Waals surface area contributed by atoms with Crippen LogP contribution in [0.25, 0.3) is 0 Å². The van der Waals surface area contributed by atoms with Gasteiger partial charge in [0.2, 0.25) is 0 Å². The van der Waals surface area contributed by atoms with Gasteiger partial charge >= 0.3 is 0 Å². The van der Waals surface area contributed by atoms with Gasteiger partial charge in [0.15, 0.2) is 0 Å². The maximum absolute atomic E-state index is 5.31. The highest BCUT2D eigenvalue weighted by Gasteiger charge is 2.18. The van der Waals surface area contributed by atoms with Crippen LogP contribution >= 0.6 is 24.4 Å². The average Bonchev–Trinajstić information content (AvgIpc) is 1.65. The van der Waals surface area contributed by atoms with Gasteiger partial charge in [-0.25, -0.2) is 4.99 Å². The van der Waals surface area contributed by atoms with E-state index in [-0.39, 0.29) is 0 Å². The molecule has 0 amide bonds. The summed E-state index contributed by atoms with van der Waals surface area (Å²) in [5, 5.41) is 2.23. The Morgan fingerprint density at radius 2 is 2.11 bits per heavy atom. The largest absolute Gasteiger partial charge is 0.391 e. The Morgan fingerprint density at radius 1 is 1.67 bits per heavy atom. The molecule has 0 radical (unpaired) electrons. The molecule has 4 heteroatoms. The highest BCUT2D eigenvalue weighted by molar-refractivity contribution is 7.80. The molecule has 0 aromatic heterocycles. The van der Waals surface area contributed by atoms with E-state index >= 15 is 0 Å². The van der Waals surface area contributed by atoms with E-state index in [1.54, 1.807) is 13.8 Å². The van der Waals surface area contributed by atoms with E-state index in [4.69, 9.17) is 18.0 Å². The molecule has 2 nitrogen and oxygen atoms in total. The molecular weight excluding hydrogens is 152 g/mol. The normalized spacial score (nSPS) is 10.0. The van der Waals surface area contributed by atoms with Gasteiger partial charge in [0.05, 0.1) is 5.16 Å². The SMILES string of the molecule is CC(C)(N=C=S)C(N)=S. The zero-order chi connectivity index (χ0) is 7.49. The van der Waals surface area contributed by atoms with Crippen LogP contribution < -0.4 is 5.73 Å². The van der Waals surface area contributed by atoms with Gasteiger partial charge in [0, 0.05) is 0 Å². The number of thiocarbonyl (C=S) groups is 2. The molecule has 0 fully saturated rings. The molecule has 2 N–H and O–H groups in total. The van der Waals surface area contributed by atoms with Crippen molar-refractivity contribution in [3.63, 3.8) is 0 Å². The fraction of sp³-hybridized carbons (Fsp3) is 0.600. The van der Waals surface area contributed by atoms with Crippen LogP contribution in [0.3, 0.4) is 0 Å². The Balaban J connectivity index is 4.37. The summed E-state index contributed by atoms with van der Waals surface area (Å²) in [4.78, 5) is 4.09. The Labute approximate surface area is 65.2 Å². The molecule has 0 aliphatic heterocycles. The molecule has 0 rings (SSSR count). The Morgan fingerprint density at radius 3 is 2.22 bits per heavy atom. The van der Waals surface area contributed by atoms with E-state index in [0.717, 1.165) is 0 Å². The first-order valence-electron chi connectivity index (χ1n) is 2.39. The van der Waals surface area contributed by atoms with Gasteiger partial charge in [0.1, 0.15) is 10.5 Å². The second kappa shape index (κ2) is 3.01. The van der Waals surface area contributed by atoms with E-state index < -0.39 is 5.54 Å². The van der Waals surface area contributed by atoms with Crippen LogP contribution in [-0.4, -0.2) is 15.7 Å². The molecule has 9 heavy (non-hydrogen) atoms. The lowest BCUT2D eigenvalue weighted by molar-refractivity contribution is 0.712. The predicted molar refractivity (Wildman–Crippen MR) is 45.9 cm³/mol. The molecule has 0 spiro atoms. The Hall–Kier alpha value is -0.310. The monoisotopic (exact) mass is 160 g/mol. The molecule has 0 heterocycles. The summed E-state index contributed by atoms with van der Waals surface area (Å²) in [6, 6.07) is 0. The molecule has 50 valence electrons. The van der Waals surface area contributed by atoms with Crippen LogP contribution in [0.2, 0.25) is 0 Å². The molecule has 0 aromatic rings. The third-order valence-electron chi connectivity index (χ3n) is 0.928. The zero-order valence-electron chi connectivity index (χ0n) is 5.34. The Bertz CT molecular complexity index is 164. The summed E-state index contributed by atoms with van der Waals surface area (Å²) >= 11 is 9.08. The average molecular weight is 160 g/mol. The summed E-state index contributed by atoms with van der Waals surface area (Å²) in [5.41, 5.74) is 4.78. The van der Waals surface area contributed by atoms with Gasteiger partial charge in [-0.2, -0.15) is 0 Å². The van der Waals surface area contributed by atoms with Crippen LogP contribution in [-0.2, 0) is 0 Å². The van der Waals surface area contributed by atoms with Crippen molar-refractivity contribution in [1.29, 1.82) is 0 Å². The number of hydrogen-bond donors (Lipinski definition) is 1. The quantitative estimate of drug-likeness (QED) is 0.486. The van der Waals surface area contributed by atoms with Gasteiger partial charge < -0.3 is 5.73 Å². The number of aliphatic imine (C=N–C) groups is 1. The van der Waals surface area contributed by atoms with Crippen molar-refractivity contribution in [3.05, 3.63) is 0 Å². The first kappa shape index (κ1) is 8.69. The first-order chi connectivity index (χ1) is 4.00. The highest BCUT2D eigenvalue weighted by atomic mass is 32.1. The highest BCUT2D eigenvalue weighted by Crippen LogP contribution is 2.06. The number of hydrogen-bond acceptors (Lipinski definition) is 3. The van der Waals surface area contributed by atoms with Crippen LogP contribution in [0.4, 0.5) is 0 Å². The van der Waals surface area contributed by atoms with Gasteiger partial charge in [0.25, 0.3) is 0 Å². The number of rotatable bonds is 2. The van der Waals surface area contributed by atoms with E-state index in [1.165, 1.54) is 0 Å². The summed E-state index contributed by atoms with van der Waals surface area (Å²) in [5.74, 6) is 0. The third-order valence-corrected chi connectivity index (χ3v) is 1.52. The van der Waals surface area contributed by atoms with Gasteiger partial charge in [-0.15, -0.1) is 0 Å². The molecular formula is C5H8N2S2. The minimum Gasteiger partial charge on any atom is -0.391 e. The minimum absolute atomic E-state index is 0.333. The molecule has 0 atom stereocenters. The summed E-state index contributed by atoms with van der Waals surface area (Å²) < 4.78 is 0. The predicted octanol–water partition coefficient (Wildman–Crippen LogP) is 1.15. The van der Waals surface area contributed by atoms with Crippen molar-refractivity contribution in [2.45, 2.75) is 19.4 Å². The first-order valence-corrected chi connectivity index (χ1v) is 3.21. The molecule has 0 aliphatic carbocycles. The van der Waals surface area contributed by atoms with Crippen molar-refractivity contribution in [1.82, 2.24) is 0 Å². The van der Waals surface area contributed by atoms with Gasteiger partial charge in [-0.05, 0) is 26.1 Å². The number of isothiocyanates is 1. The fourth-order valence-corrected chi connectivity index (χ4v) is 0.443. The van der Waals surface area contributed by atoms with Crippen molar-refractivity contribution in [3.8, 4) is 0 Å². The van der Waals surface area contributed by atoms with Crippen molar-refractivity contribution in [2.24, 2.45) is 10.7 Å². The van der Waals surface area contributed by atoms with Crippen molar-refractivity contribution in [2.75, 3.05) is 0 Å². The standard InChI is InChI=1S/C5H8N2S2/c1-5(2,4(6)9)7-3-8/h1-2H3,(H2,6,9). The second-order valence-electron chi connectivity index (χ2n) is 2.13. The van der Waals surface area contributed by atoms with E-state index in [9.17, 15) is 0 Å². The topological polar surface area (TPSA) is 38.4 Å². The molecule has 0 bridgehead atoms. The summed E-state index contributed by atoms with van der Waals surface area (Å²) in [7, 11) is 0. The lowest BCUT2D eigenvalue weighted by atomic mass is 10.1. The van der Waals surface area contributed by atoms with Crippen LogP contribution in [0.5, 0.6) is 0 Å². The summed E-state index contributed by atoms with van der Waals surface area (Å²) in [6.45, 7) is 3.57. The van der Waals surface area contributed by atoms with Crippen molar-refractivity contribution >= 4 is 34.6 Å². The molecule has 0 aromatic carbocycles. The van der Waals surface area contributed by atoms with Crippen LogP contribution in [0.15, 0.2) is 4.99 Å². The number of nitrogens with zero attached hydrogens (tertiary/aromatic N) is 1. The smallest absolute Gasteiger partial charge is 0.115 e. The van der Waals surface area contributed by atoms with E-state index in [0.29, 0.717) is 4.99 Å². The molecule has 0 aliphatic rings. The maximum Gasteiger partial charge on any atom is 0.115 e. The third kappa shape index (κ3) is 2.65. The lowest BCUT2D eigenvalue weighted by Crippen LogP contribution is -2.34. The molecule has 0 saturated carbocycles. The zero-order valence-corrected chi connectivity index (χ0v) is 6.97. The van der Waals surface area contributed by atoms with Crippen LogP contribution in [0.1, 0.15) is 13.8 Å². The van der Waals surface area contributed by atoms with Crippen LogP contribution in [0, 0.1) is 0 Å². The van der Waals surface area contributed by atoms with Gasteiger partial charge in [-0.3, -0.25) is 0 Å². The van der Waals surface area contributed by atoms with E-state index in [1.807, 2.05) is 0 Å². The van der Waals surface area contributed by atoms with E-state index in [2.05, 4.69) is 22.4 Å².